The van der Waals surface area contributed by atoms with Crippen LogP contribution in [-0.2, 0) is 0 Å². The number of piperazine rings is 1. The Morgan fingerprint density at radius 1 is 1.41 bits per heavy atom. The van der Waals surface area contributed by atoms with Crippen LogP contribution in [0, 0.1) is 0 Å². The highest BCUT2D eigenvalue weighted by atomic mass is 16.3. The van der Waals surface area contributed by atoms with E-state index in [9.17, 15) is 9.90 Å². The molecule has 0 bridgehead atoms. The van der Waals surface area contributed by atoms with Crippen molar-refractivity contribution in [2.75, 3.05) is 50.7 Å². The number of rotatable bonds is 4. The molecule has 3 rings (SSSR count). The lowest BCUT2D eigenvalue weighted by Crippen LogP contribution is -2.53. The number of nitrogens with two attached hydrogens (primary N) is 1. The van der Waals surface area contributed by atoms with Crippen molar-refractivity contribution in [1.82, 2.24) is 15.2 Å². The topological polar surface area (TPSA) is 94.7 Å². The van der Waals surface area contributed by atoms with Crippen molar-refractivity contribution >= 4 is 11.7 Å². The Bertz CT molecular complexity index is 536. The average molecular weight is 305 g/mol. The van der Waals surface area contributed by atoms with E-state index in [4.69, 9.17) is 5.73 Å². The number of anilines is 1. The second-order valence-electron chi connectivity index (χ2n) is 6.15. The average Bonchev–Trinajstić information content (AvgIpc) is 2.94. The van der Waals surface area contributed by atoms with E-state index in [0.29, 0.717) is 24.5 Å². The first kappa shape index (κ1) is 15.2. The molecule has 120 valence electrons. The van der Waals surface area contributed by atoms with E-state index in [2.05, 4.69) is 20.1 Å². The molecule has 0 aliphatic carbocycles. The van der Waals surface area contributed by atoms with Crippen LogP contribution in [0.15, 0.2) is 18.3 Å². The molecule has 2 aliphatic heterocycles. The van der Waals surface area contributed by atoms with Crippen LogP contribution >= 0.6 is 0 Å². The van der Waals surface area contributed by atoms with E-state index in [1.54, 1.807) is 18.3 Å². The monoisotopic (exact) mass is 305 g/mol. The number of carbonyl (C=O) groups is 1. The number of aliphatic hydroxyl groups is 1. The Kier molecular flexibility index (Phi) is 4.28. The predicted octanol–water partition coefficient (Wildman–Crippen LogP) is -0.973. The summed E-state index contributed by atoms with van der Waals surface area (Å²) in [5.74, 6) is 0.216. The Morgan fingerprint density at radius 3 is 2.82 bits per heavy atom. The minimum absolute atomic E-state index is 0.447. The van der Waals surface area contributed by atoms with Gasteiger partial charge in [-0.25, -0.2) is 4.98 Å². The Labute approximate surface area is 130 Å². The van der Waals surface area contributed by atoms with Crippen LogP contribution in [-0.4, -0.2) is 72.3 Å². The third-order valence-electron chi connectivity index (χ3n) is 4.46. The van der Waals surface area contributed by atoms with Crippen molar-refractivity contribution in [2.24, 2.45) is 5.73 Å². The highest BCUT2D eigenvalue weighted by molar-refractivity contribution is 5.97. The zero-order valence-electron chi connectivity index (χ0n) is 12.7. The largest absolute Gasteiger partial charge is 0.387 e. The molecule has 7 nitrogen and oxygen atoms in total. The summed E-state index contributed by atoms with van der Waals surface area (Å²) in [4.78, 5) is 20.2. The number of pyridine rings is 1. The number of carbonyl (C=O) groups excluding carboxylic acids is 1. The second kappa shape index (κ2) is 6.20. The lowest BCUT2D eigenvalue weighted by Gasteiger charge is -2.38. The van der Waals surface area contributed by atoms with Crippen molar-refractivity contribution < 1.29 is 9.90 Å². The summed E-state index contributed by atoms with van der Waals surface area (Å²) in [5.41, 5.74) is 5.28. The molecule has 1 aromatic heterocycles. The standard InChI is InChI=1S/C15H23N5O2/c16-13(21)12-2-1-4-18-14(12)20-8-6-19(7-9-20)11-15(22)3-5-17-10-15/h1-2,4,17,22H,3,5-11H2,(H2,16,21). The zero-order valence-corrected chi connectivity index (χ0v) is 12.7. The van der Waals surface area contributed by atoms with Gasteiger partial charge in [0.2, 0.25) is 0 Å². The number of amides is 1. The molecular weight excluding hydrogens is 282 g/mol. The molecule has 7 heteroatoms. The van der Waals surface area contributed by atoms with Gasteiger partial charge in [0.25, 0.3) is 5.91 Å². The summed E-state index contributed by atoms with van der Waals surface area (Å²) in [6, 6.07) is 3.44. The molecule has 0 radical (unpaired) electrons. The molecule has 1 amide bonds. The van der Waals surface area contributed by atoms with Gasteiger partial charge in [-0.2, -0.15) is 0 Å². The first-order chi connectivity index (χ1) is 10.6. The van der Waals surface area contributed by atoms with Gasteiger partial charge < -0.3 is 21.1 Å². The van der Waals surface area contributed by atoms with E-state index in [0.717, 1.165) is 39.1 Å². The molecule has 3 heterocycles. The van der Waals surface area contributed by atoms with Crippen molar-refractivity contribution in [1.29, 1.82) is 0 Å². The second-order valence-corrected chi connectivity index (χ2v) is 6.15. The number of aromatic nitrogens is 1. The van der Waals surface area contributed by atoms with Gasteiger partial charge in [0.05, 0.1) is 11.2 Å². The minimum atomic E-state index is -0.606. The number of nitrogens with zero attached hydrogens (tertiary/aromatic N) is 3. The fourth-order valence-electron chi connectivity index (χ4n) is 3.24. The summed E-state index contributed by atoms with van der Waals surface area (Å²) >= 11 is 0. The molecule has 1 aromatic rings. The van der Waals surface area contributed by atoms with Crippen molar-refractivity contribution in [3.8, 4) is 0 Å². The summed E-state index contributed by atoms with van der Waals surface area (Å²) in [6.07, 6.45) is 2.49. The third-order valence-corrected chi connectivity index (χ3v) is 4.46. The van der Waals surface area contributed by atoms with Crippen LogP contribution < -0.4 is 16.0 Å². The van der Waals surface area contributed by atoms with Crippen LogP contribution in [0.2, 0.25) is 0 Å². The molecule has 0 aromatic carbocycles. The molecular formula is C15H23N5O2. The number of nitrogens with one attached hydrogen (secondary N) is 1. The Morgan fingerprint density at radius 2 is 2.18 bits per heavy atom. The van der Waals surface area contributed by atoms with Crippen molar-refractivity contribution in [3.63, 3.8) is 0 Å². The van der Waals surface area contributed by atoms with Crippen LogP contribution in [0.25, 0.3) is 0 Å². The van der Waals surface area contributed by atoms with E-state index in [1.807, 2.05) is 0 Å². The lowest BCUT2D eigenvalue weighted by molar-refractivity contribution is 0.0193. The van der Waals surface area contributed by atoms with Gasteiger partial charge >= 0.3 is 0 Å². The van der Waals surface area contributed by atoms with E-state index < -0.39 is 11.5 Å². The smallest absolute Gasteiger partial charge is 0.252 e. The first-order valence-corrected chi connectivity index (χ1v) is 7.73. The van der Waals surface area contributed by atoms with Crippen LogP contribution in [0.4, 0.5) is 5.82 Å². The summed E-state index contributed by atoms with van der Waals surface area (Å²) in [5, 5.41) is 13.7. The van der Waals surface area contributed by atoms with Gasteiger partial charge in [-0.1, -0.05) is 0 Å². The summed E-state index contributed by atoms with van der Waals surface area (Å²) in [6.45, 7) is 5.49. The van der Waals surface area contributed by atoms with Crippen LogP contribution in [0.5, 0.6) is 0 Å². The lowest BCUT2D eigenvalue weighted by atomic mass is 10.0. The van der Waals surface area contributed by atoms with Gasteiger partial charge in [0, 0.05) is 45.5 Å². The third kappa shape index (κ3) is 3.21. The molecule has 1 unspecified atom stereocenters. The van der Waals surface area contributed by atoms with E-state index >= 15 is 0 Å². The van der Waals surface area contributed by atoms with Gasteiger partial charge in [-0.3, -0.25) is 9.69 Å². The minimum Gasteiger partial charge on any atom is -0.387 e. The van der Waals surface area contributed by atoms with Gasteiger partial charge in [0.15, 0.2) is 0 Å². The number of primary amides is 1. The van der Waals surface area contributed by atoms with Gasteiger partial charge in [0.1, 0.15) is 5.82 Å². The SMILES string of the molecule is NC(=O)c1cccnc1N1CCN(CC2(O)CCNC2)CC1. The fraction of sp³-hybridized carbons (Fsp3) is 0.600. The maximum Gasteiger partial charge on any atom is 0.252 e. The highest BCUT2D eigenvalue weighted by Gasteiger charge is 2.34. The molecule has 1 atom stereocenters. The molecule has 2 aliphatic rings. The summed E-state index contributed by atoms with van der Waals surface area (Å²) < 4.78 is 0. The predicted molar refractivity (Wildman–Crippen MR) is 83.8 cm³/mol. The maximum atomic E-state index is 11.5. The van der Waals surface area contributed by atoms with Gasteiger partial charge in [-0.05, 0) is 25.1 Å². The van der Waals surface area contributed by atoms with Gasteiger partial charge in [-0.15, -0.1) is 0 Å². The fourth-order valence-corrected chi connectivity index (χ4v) is 3.24. The number of hydrogen-bond acceptors (Lipinski definition) is 6. The van der Waals surface area contributed by atoms with Crippen LogP contribution in [0.3, 0.4) is 0 Å². The Balaban J connectivity index is 1.61. The zero-order chi connectivity index (χ0) is 15.6. The van der Waals surface area contributed by atoms with E-state index in [1.165, 1.54) is 0 Å². The normalized spacial score (nSPS) is 26.3. The van der Waals surface area contributed by atoms with Crippen molar-refractivity contribution in [3.05, 3.63) is 23.9 Å². The molecule has 0 spiro atoms. The number of β-amino-alcohol motifs (C(OH)–C–C–N with tert-alkyl or cyclic N) is 1. The Hall–Kier alpha value is -1.70. The maximum absolute atomic E-state index is 11.5. The first-order valence-electron chi connectivity index (χ1n) is 7.73. The molecule has 2 fully saturated rings. The molecule has 0 saturated carbocycles. The highest BCUT2D eigenvalue weighted by Crippen LogP contribution is 2.21. The van der Waals surface area contributed by atoms with Crippen LogP contribution in [0.1, 0.15) is 16.8 Å². The van der Waals surface area contributed by atoms with E-state index in [-0.39, 0.29) is 0 Å². The molecule has 2 saturated heterocycles. The summed E-state index contributed by atoms with van der Waals surface area (Å²) in [7, 11) is 0. The number of hydrogen-bond donors (Lipinski definition) is 3. The molecule has 4 N–H and O–H groups in total. The van der Waals surface area contributed by atoms with Crippen molar-refractivity contribution in [2.45, 2.75) is 12.0 Å². The quantitative estimate of drug-likeness (QED) is 0.662. The molecule has 22 heavy (non-hydrogen) atoms.